The van der Waals surface area contributed by atoms with E-state index in [1.54, 1.807) is 92.6 Å². The van der Waals surface area contributed by atoms with Gasteiger partial charge in [0.2, 0.25) is 29.5 Å². The molecule has 1 aromatic rings. The number of hydrogen-bond donors (Lipinski definition) is 6. The lowest BCUT2D eigenvalue weighted by atomic mass is 10.1. The Labute approximate surface area is 364 Å². The predicted octanol–water partition coefficient (Wildman–Crippen LogP) is 0.481. The second-order valence-electron chi connectivity index (χ2n) is 16.7. The number of imide groups is 1. The molecule has 0 aliphatic carbocycles. The zero-order chi connectivity index (χ0) is 47.8. The van der Waals surface area contributed by atoms with E-state index in [2.05, 4.69) is 26.6 Å². The molecule has 2 atom stereocenters. The van der Waals surface area contributed by atoms with Gasteiger partial charge >= 0.3 is 19.9 Å². The van der Waals surface area contributed by atoms with E-state index in [1.165, 1.54) is 0 Å². The third kappa shape index (κ3) is 21.3. The minimum absolute atomic E-state index is 0.0217. The first-order valence-corrected chi connectivity index (χ1v) is 20.9. The molecule has 1 aromatic carbocycles. The van der Waals surface area contributed by atoms with Crippen molar-refractivity contribution >= 4 is 61.2 Å². The summed E-state index contributed by atoms with van der Waals surface area (Å²) >= 11 is 0. The van der Waals surface area contributed by atoms with Gasteiger partial charge in [0.1, 0.15) is 37.8 Å². The number of carbonyl (C=O) groups excluding carboxylic acids is 8. The molecule has 6 N–H and O–H groups in total. The molecule has 63 heavy (non-hydrogen) atoms. The van der Waals surface area contributed by atoms with Gasteiger partial charge in [0.25, 0.3) is 11.8 Å². The molecule has 23 nitrogen and oxygen atoms in total. The van der Waals surface area contributed by atoms with E-state index in [4.69, 9.17) is 28.2 Å². The number of hydrogen-bond acceptors (Lipinski definition) is 15. The second-order valence-corrected chi connectivity index (χ2v) is 18.2. The summed E-state index contributed by atoms with van der Waals surface area (Å²) in [7, 11) is -4.47. The fourth-order valence-corrected chi connectivity index (χ4v) is 6.82. The maximum atomic E-state index is 13.8. The number of benzene rings is 1. The summed E-state index contributed by atoms with van der Waals surface area (Å²) in [5, 5.41) is 20.3. The Hall–Kier alpha value is -5.74. The van der Waals surface area contributed by atoms with E-state index >= 15 is 0 Å². The van der Waals surface area contributed by atoms with Gasteiger partial charge in [0.05, 0.1) is 37.4 Å². The van der Waals surface area contributed by atoms with Crippen molar-refractivity contribution in [2.24, 2.45) is 0 Å². The molecular formula is C39H58N7O16P. The molecular weight excluding hydrogens is 853 g/mol. The fourth-order valence-electron chi connectivity index (χ4n) is 5.05. The van der Waals surface area contributed by atoms with Crippen LogP contribution in [0.3, 0.4) is 0 Å². The van der Waals surface area contributed by atoms with Crippen LogP contribution in [0.25, 0.3) is 0 Å². The summed E-state index contributed by atoms with van der Waals surface area (Å²) in [5.74, 6) is -7.45. The minimum atomic E-state index is -4.47. The maximum Gasteiger partial charge on any atom is 0.477 e. The molecule has 0 saturated heterocycles. The van der Waals surface area contributed by atoms with Crippen molar-refractivity contribution in [3.8, 4) is 0 Å². The largest absolute Gasteiger partial charge is 0.480 e. The first-order chi connectivity index (χ1) is 29.1. The second kappa shape index (κ2) is 23.6. The van der Waals surface area contributed by atoms with Crippen LogP contribution in [0.5, 0.6) is 0 Å². The lowest BCUT2D eigenvalue weighted by molar-refractivity contribution is -0.146. The molecule has 8 amide bonds. The maximum absolute atomic E-state index is 13.8. The van der Waals surface area contributed by atoms with E-state index in [9.17, 15) is 47.7 Å². The summed E-state index contributed by atoms with van der Waals surface area (Å²) in [5.41, 5.74) is -2.60. The van der Waals surface area contributed by atoms with Gasteiger partial charge in [-0.1, -0.05) is 30.3 Å². The Morgan fingerprint density at radius 2 is 1.25 bits per heavy atom. The summed E-state index contributed by atoms with van der Waals surface area (Å²) in [4.78, 5) is 116. The summed E-state index contributed by atoms with van der Waals surface area (Å²) < 4.78 is 40.9. The average Bonchev–Trinajstić information content (AvgIpc) is 3.48. The number of carbonyl (C=O) groups is 9. The van der Waals surface area contributed by atoms with Crippen molar-refractivity contribution in [1.29, 1.82) is 0 Å². The number of nitrogens with zero attached hydrogens (tertiary/aromatic N) is 2. The first kappa shape index (κ1) is 53.4. The standard InChI is InChI=1S/C39H58N7O16P/c1-37(2,3)60-36(56)45(24-59-63(57,61-38(4,5)6)62-39(7,8)9)21-27(46-31(50)15-16-32(46)51)35(55)42-18-28(47)40-20-30(49)44-26(17-25-13-11-10-12-14-25)34(54)41-19-29(48)43-23-58-22-33(52)53/h10-16,26-27H,17-24H2,1-9H3,(H,40,47)(H,41,54)(H,42,55)(H,43,48)(H,44,49)(H,52,53)/t26-,27-/m0/s1. The highest BCUT2D eigenvalue weighted by Gasteiger charge is 2.42. The van der Waals surface area contributed by atoms with Crippen molar-refractivity contribution in [2.75, 3.05) is 46.2 Å². The van der Waals surface area contributed by atoms with Crippen molar-refractivity contribution in [1.82, 2.24) is 36.4 Å². The summed E-state index contributed by atoms with van der Waals surface area (Å²) in [6.45, 7) is 9.36. The SMILES string of the molecule is CC(C)(C)OC(=O)N(COP(=O)(OC(C)(C)C)OC(C)(C)C)C[C@@H](C(=O)NCC(=O)NCC(=O)N[C@@H](Cc1ccccc1)C(=O)NCC(=O)NCOCC(=O)O)N1C(=O)C=CC1=O. The van der Waals surface area contributed by atoms with Crippen molar-refractivity contribution in [2.45, 2.75) is 97.6 Å². The van der Waals surface area contributed by atoms with E-state index in [0.29, 0.717) is 10.5 Å². The first-order valence-electron chi connectivity index (χ1n) is 19.5. The van der Waals surface area contributed by atoms with Gasteiger partial charge in [-0.2, -0.15) is 0 Å². The molecule has 2 rings (SSSR count). The van der Waals surface area contributed by atoms with Gasteiger partial charge in [-0.25, -0.2) is 14.2 Å². The predicted molar refractivity (Wildman–Crippen MR) is 221 cm³/mol. The third-order valence-corrected chi connectivity index (χ3v) is 9.44. The number of phosphoric acid groups is 1. The number of aliphatic carboxylic acids is 1. The molecule has 0 spiro atoms. The van der Waals surface area contributed by atoms with Crippen molar-refractivity contribution in [3.05, 3.63) is 48.0 Å². The average molecular weight is 912 g/mol. The van der Waals surface area contributed by atoms with Crippen LogP contribution in [0, 0.1) is 0 Å². The lowest BCUT2D eigenvalue weighted by Gasteiger charge is -2.34. The van der Waals surface area contributed by atoms with E-state index < -0.39 is 136 Å². The number of ether oxygens (including phenoxy) is 2. The molecule has 0 saturated carbocycles. The molecule has 1 aliphatic heterocycles. The van der Waals surface area contributed by atoms with Crippen LogP contribution in [-0.2, 0) is 72.4 Å². The lowest BCUT2D eigenvalue weighted by Crippen LogP contribution is -2.57. The fraction of sp³-hybridized carbons (Fsp3) is 0.564. The van der Waals surface area contributed by atoms with Crippen LogP contribution in [-0.4, -0.2) is 143 Å². The van der Waals surface area contributed by atoms with Crippen LogP contribution >= 0.6 is 7.82 Å². The molecule has 0 fully saturated rings. The number of amides is 8. The van der Waals surface area contributed by atoms with Crippen molar-refractivity contribution in [3.63, 3.8) is 0 Å². The van der Waals surface area contributed by atoms with Crippen LogP contribution in [0.1, 0.15) is 67.9 Å². The highest BCUT2D eigenvalue weighted by atomic mass is 31.2. The molecule has 1 aliphatic rings. The monoisotopic (exact) mass is 911 g/mol. The normalized spacial score (nSPS) is 14.0. The van der Waals surface area contributed by atoms with E-state index in [-0.39, 0.29) is 6.42 Å². The van der Waals surface area contributed by atoms with Crippen LogP contribution in [0.2, 0.25) is 0 Å². The molecule has 0 radical (unpaired) electrons. The van der Waals surface area contributed by atoms with Crippen LogP contribution < -0.4 is 26.6 Å². The number of rotatable bonds is 23. The van der Waals surface area contributed by atoms with Gasteiger partial charge in [0, 0.05) is 18.6 Å². The Morgan fingerprint density at radius 3 is 1.78 bits per heavy atom. The Kier molecular flexibility index (Phi) is 20.0. The van der Waals surface area contributed by atoms with Crippen molar-refractivity contribution < 1.29 is 75.9 Å². The quantitative estimate of drug-likeness (QED) is 0.0377. The van der Waals surface area contributed by atoms with Gasteiger partial charge in [0.15, 0.2) is 0 Å². The third-order valence-electron chi connectivity index (χ3n) is 7.47. The van der Waals surface area contributed by atoms with Gasteiger partial charge in [-0.3, -0.25) is 56.9 Å². The number of carboxylic acids is 1. The van der Waals surface area contributed by atoms with E-state index in [0.717, 1.165) is 17.1 Å². The van der Waals surface area contributed by atoms with Gasteiger partial charge < -0.3 is 41.2 Å². The van der Waals surface area contributed by atoms with Gasteiger partial charge in [-0.05, 0) is 67.9 Å². The number of phosphoric ester groups is 1. The molecule has 24 heteroatoms. The smallest absolute Gasteiger partial charge is 0.477 e. The molecule has 0 bridgehead atoms. The minimum Gasteiger partial charge on any atom is -0.480 e. The Bertz CT molecular complexity index is 1870. The van der Waals surface area contributed by atoms with Crippen LogP contribution in [0.4, 0.5) is 4.79 Å². The Morgan fingerprint density at radius 1 is 0.730 bits per heavy atom. The molecule has 0 aromatic heterocycles. The molecule has 0 unspecified atom stereocenters. The number of carboxylic acid groups (broad SMARTS) is 1. The molecule has 350 valence electrons. The molecule has 1 heterocycles. The zero-order valence-electron chi connectivity index (χ0n) is 36.8. The highest BCUT2D eigenvalue weighted by molar-refractivity contribution is 7.48. The Balaban J connectivity index is 2.19. The highest BCUT2D eigenvalue weighted by Crippen LogP contribution is 2.55. The number of nitrogens with one attached hydrogen (secondary N) is 5. The van der Waals surface area contributed by atoms with Crippen LogP contribution in [0.15, 0.2) is 42.5 Å². The van der Waals surface area contributed by atoms with Gasteiger partial charge in [-0.15, -0.1) is 0 Å². The zero-order valence-corrected chi connectivity index (χ0v) is 37.7. The topological polar surface area (TPSA) is 304 Å². The summed E-state index contributed by atoms with van der Waals surface area (Å²) in [6, 6.07) is 5.48. The summed E-state index contributed by atoms with van der Waals surface area (Å²) in [6.07, 6.45) is 0.654. The van der Waals surface area contributed by atoms with E-state index in [1.807, 2.05) is 0 Å².